The van der Waals surface area contributed by atoms with Gasteiger partial charge in [0.15, 0.2) is 11.6 Å². The number of hydrogen-bond acceptors (Lipinski definition) is 6. The summed E-state index contributed by atoms with van der Waals surface area (Å²) in [7, 11) is 1.39. The molecule has 0 unspecified atom stereocenters. The lowest BCUT2D eigenvalue weighted by Gasteiger charge is -2.07. The summed E-state index contributed by atoms with van der Waals surface area (Å²) in [6, 6.07) is 10.2. The van der Waals surface area contributed by atoms with Crippen LogP contribution < -0.4 is 10.1 Å². The number of amides is 1. The number of anilines is 1. The second kappa shape index (κ2) is 7.99. The average Bonchev–Trinajstić information content (AvgIpc) is 3.36. The Morgan fingerprint density at radius 2 is 2.25 bits per heavy atom. The molecule has 3 heterocycles. The molecule has 3 aromatic heterocycles. The van der Waals surface area contributed by atoms with Crippen molar-refractivity contribution < 1.29 is 13.9 Å². The number of carbonyl (C=O) groups is 1. The van der Waals surface area contributed by atoms with Crippen LogP contribution in [0.25, 0.3) is 16.1 Å². The minimum atomic E-state index is -0.528. The van der Waals surface area contributed by atoms with Crippen molar-refractivity contribution >= 4 is 40.2 Å². The first kappa shape index (κ1) is 18.5. The van der Waals surface area contributed by atoms with Gasteiger partial charge in [-0.25, -0.2) is 13.9 Å². The highest BCUT2D eigenvalue weighted by atomic mass is 32.2. The van der Waals surface area contributed by atoms with Crippen molar-refractivity contribution in [3.63, 3.8) is 0 Å². The summed E-state index contributed by atoms with van der Waals surface area (Å²) >= 11 is 2.91. The lowest BCUT2D eigenvalue weighted by Crippen LogP contribution is -2.14. The number of rotatable bonds is 6. The predicted octanol–water partition coefficient (Wildman–Crippen LogP) is 4.34. The SMILES string of the molecule is COc1ccc(NC(=O)CSc2nccn3nc(-c4cccs4)cc23)cc1F. The molecule has 0 spiro atoms. The summed E-state index contributed by atoms with van der Waals surface area (Å²) < 4.78 is 20.4. The molecule has 0 saturated carbocycles. The Hall–Kier alpha value is -2.91. The molecule has 0 fully saturated rings. The average molecular weight is 414 g/mol. The quantitative estimate of drug-likeness (QED) is 0.476. The van der Waals surface area contributed by atoms with Crippen LogP contribution in [-0.2, 0) is 4.79 Å². The Morgan fingerprint density at radius 1 is 1.36 bits per heavy atom. The van der Waals surface area contributed by atoms with Gasteiger partial charge in [-0.1, -0.05) is 17.8 Å². The van der Waals surface area contributed by atoms with Gasteiger partial charge in [-0.05, 0) is 29.6 Å². The van der Waals surface area contributed by atoms with Gasteiger partial charge in [-0.2, -0.15) is 5.10 Å². The monoisotopic (exact) mass is 414 g/mol. The molecule has 9 heteroatoms. The van der Waals surface area contributed by atoms with E-state index in [1.54, 1.807) is 34.3 Å². The highest BCUT2D eigenvalue weighted by molar-refractivity contribution is 8.00. The summed E-state index contributed by atoms with van der Waals surface area (Å²) in [5, 5.41) is 9.93. The molecule has 4 rings (SSSR count). The van der Waals surface area contributed by atoms with Crippen LogP contribution in [0.1, 0.15) is 0 Å². The summed E-state index contributed by atoms with van der Waals surface area (Å²) in [5.74, 6) is -0.513. The van der Waals surface area contributed by atoms with Gasteiger partial charge in [-0.15, -0.1) is 11.3 Å². The molecule has 0 atom stereocenters. The Kier molecular flexibility index (Phi) is 5.27. The van der Waals surface area contributed by atoms with Gasteiger partial charge < -0.3 is 10.1 Å². The summed E-state index contributed by atoms with van der Waals surface area (Å²) in [5.41, 5.74) is 2.07. The highest BCUT2D eigenvalue weighted by Crippen LogP contribution is 2.28. The fourth-order valence-corrected chi connectivity index (χ4v) is 4.09. The molecule has 0 aliphatic carbocycles. The summed E-state index contributed by atoms with van der Waals surface area (Å²) in [6.07, 6.45) is 3.42. The number of benzene rings is 1. The number of thioether (sulfide) groups is 1. The van der Waals surface area contributed by atoms with Gasteiger partial charge in [0.25, 0.3) is 0 Å². The normalized spacial score (nSPS) is 10.9. The molecule has 0 saturated heterocycles. The van der Waals surface area contributed by atoms with E-state index in [1.807, 2.05) is 23.6 Å². The van der Waals surface area contributed by atoms with E-state index < -0.39 is 5.82 Å². The number of carbonyl (C=O) groups excluding carboxylic acids is 1. The molecule has 0 aliphatic heterocycles. The van der Waals surface area contributed by atoms with E-state index >= 15 is 0 Å². The molecule has 6 nitrogen and oxygen atoms in total. The van der Waals surface area contributed by atoms with Gasteiger partial charge in [-0.3, -0.25) is 4.79 Å². The smallest absolute Gasteiger partial charge is 0.234 e. The number of methoxy groups -OCH3 is 1. The third-order valence-corrected chi connectivity index (χ3v) is 5.79. The van der Waals surface area contributed by atoms with E-state index in [4.69, 9.17) is 4.74 Å². The first-order valence-electron chi connectivity index (χ1n) is 8.28. The number of fused-ring (bicyclic) bond motifs is 1. The van der Waals surface area contributed by atoms with Crippen molar-refractivity contribution in [3.05, 3.63) is 60.0 Å². The minimum absolute atomic E-state index is 0.130. The van der Waals surface area contributed by atoms with Gasteiger partial charge >= 0.3 is 0 Å². The van der Waals surface area contributed by atoms with Crippen LogP contribution in [0, 0.1) is 5.82 Å². The van der Waals surface area contributed by atoms with Crippen molar-refractivity contribution in [1.29, 1.82) is 0 Å². The van der Waals surface area contributed by atoms with Crippen molar-refractivity contribution in [2.75, 3.05) is 18.2 Å². The maximum Gasteiger partial charge on any atom is 0.234 e. The van der Waals surface area contributed by atoms with Gasteiger partial charge in [0.2, 0.25) is 5.91 Å². The maximum atomic E-state index is 13.7. The first-order valence-corrected chi connectivity index (χ1v) is 10.1. The lowest BCUT2D eigenvalue weighted by atomic mass is 10.3. The van der Waals surface area contributed by atoms with E-state index in [2.05, 4.69) is 15.4 Å². The Morgan fingerprint density at radius 3 is 3.00 bits per heavy atom. The molecule has 0 radical (unpaired) electrons. The standard InChI is InChI=1S/C19H15FN4O2S2/c1-26-16-5-4-12(9-13(16)20)22-18(25)11-28-19-15-10-14(17-3-2-8-27-17)23-24(15)7-6-21-19/h2-10H,11H2,1H3,(H,22,25). The Labute approximate surface area is 168 Å². The highest BCUT2D eigenvalue weighted by Gasteiger charge is 2.12. The number of hydrogen-bond donors (Lipinski definition) is 1. The number of nitrogens with zero attached hydrogens (tertiary/aromatic N) is 3. The maximum absolute atomic E-state index is 13.7. The van der Waals surface area contributed by atoms with E-state index in [9.17, 15) is 9.18 Å². The zero-order chi connectivity index (χ0) is 19.5. The number of halogens is 1. The van der Waals surface area contributed by atoms with Crippen LogP contribution in [0.15, 0.2) is 59.2 Å². The fraction of sp³-hybridized carbons (Fsp3) is 0.105. The molecule has 28 heavy (non-hydrogen) atoms. The van der Waals surface area contributed by atoms with E-state index in [1.165, 1.54) is 31.0 Å². The molecule has 4 aromatic rings. The van der Waals surface area contributed by atoms with Gasteiger partial charge in [0.1, 0.15) is 10.7 Å². The van der Waals surface area contributed by atoms with Crippen LogP contribution in [0.2, 0.25) is 0 Å². The summed E-state index contributed by atoms with van der Waals surface area (Å²) in [4.78, 5) is 17.7. The van der Waals surface area contributed by atoms with E-state index in [0.717, 1.165) is 16.1 Å². The molecule has 1 N–H and O–H groups in total. The largest absolute Gasteiger partial charge is 0.494 e. The topological polar surface area (TPSA) is 68.5 Å². The van der Waals surface area contributed by atoms with Crippen LogP contribution in [0.5, 0.6) is 5.75 Å². The van der Waals surface area contributed by atoms with Crippen LogP contribution >= 0.6 is 23.1 Å². The number of aromatic nitrogens is 3. The molecular weight excluding hydrogens is 399 g/mol. The minimum Gasteiger partial charge on any atom is -0.494 e. The second-order valence-corrected chi connectivity index (χ2v) is 7.67. The Bertz CT molecular complexity index is 1130. The van der Waals surface area contributed by atoms with Crippen molar-refractivity contribution in [1.82, 2.24) is 14.6 Å². The molecule has 1 aromatic carbocycles. The first-order chi connectivity index (χ1) is 13.6. The molecule has 0 aliphatic rings. The number of thiophene rings is 1. The molecule has 0 bridgehead atoms. The van der Waals surface area contributed by atoms with Gasteiger partial charge in [0.05, 0.1) is 23.3 Å². The molecular formula is C19H15FN4O2S2. The predicted molar refractivity (Wildman–Crippen MR) is 109 cm³/mol. The van der Waals surface area contributed by atoms with Crippen LogP contribution in [-0.4, -0.2) is 33.4 Å². The zero-order valence-corrected chi connectivity index (χ0v) is 16.4. The van der Waals surface area contributed by atoms with E-state index in [0.29, 0.717) is 10.7 Å². The fourth-order valence-electron chi connectivity index (χ4n) is 2.63. The Balaban J connectivity index is 1.46. The van der Waals surface area contributed by atoms with Crippen molar-refractivity contribution in [2.45, 2.75) is 5.03 Å². The third-order valence-electron chi connectivity index (χ3n) is 3.90. The van der Waals surface area contributed by atoms with Crippen molar-refractivity contribution in [3.8, 4) is 16.3 Å². The van der Waals surface area contributed by atoms with Gasteiger partial charge in [0, 0.05) is 24.1 Å². The zero-order valence-electron chi connectivity index (χ0n) is 14.8. The number of ether oxygens (including phenoxy) is 1. The van der Waals surface area contributed by atoms with Crippen LogP contribution in [0.3, 0.4) is 0 Å². The summed E-state index contributed by atoms with van der Waals surface area (Å²) in [6.45, 7) is 0. The number of nitrogens with one attached hydrogen (secondary N) is 1. The molecule has 1 amide bonds. The van der Waals surface area contributed by atoms with Crippen LogP contribution in [0.4, 0.5) is 10.1 Å². The van der Waals surface area contributed by atoms with E-state index in [-0.39, 0.29) is 17.4 Å². The third kappa shape index (κ3) is 3.85. The second-order valence-electron chi connectivity index (χ2n) is 5.76. The lowest BCUT2D eigenvalue weighted by molar-refractivity contribution is -0.113. The molecule has 142 valence electrons. The van der Waals surface area contributed by atoms with Crippen molar-refractivity contribution in [2.24, 2.45) is 0 Å².